The molecular weight excluding hydrogens is 322 g/mol. The van der Waals surface area contributed by atoms with E-state index >= 15 is 0 Å². The van der Waals surface area contributed by atoms with Crippen molar-refractivity contribution in [2.75, 3.05) is 6.54 Å². The Morgan fingerprint density at radius 2 is 1.92 bits per heavy atom. The van der Waals surface area contributed by atoms with Crippen LogP contribution in [0.25, 0.3) is 23.1 Å². The lowest BCUT2D eigenvalue weighted by Gasteiger charge is -2.11. The summed E-state index contributed by atoms with van der Waals surface area (Å²) in [6.07, 6.45) is 4.52. The highest BCUT2D eigenvalue weighted by molar-refractivity contribution is 6.31. The molecule has 24 heavy (non-hydrogen) atoms. The average molecular weight is 340 g/mol. The van der Waals surface area contributed by atoms with E-state index in [1.54, 1.807) is 22.8 Å². The molecule has 0 spiro atoms. The van der Waals surface area contributed by atoms with E-state index in [1.807, 2.05) is 42.5 Å². The van der Waals surface area contributed by atoms with E-state index in [9.17, 15) is 4.79 Å². The van der Waals surface area contributed by atoms with Gasteiger partial charge in [0.05, 0.1) is 10.9 Å². The maximum atomic E-state index is 12.8. The van der Waals surface area contributed by atoms with Gasteiger partial charge in [-0.05, 0) is 42.8 Å². The normalized spacial score (nSPS) is 11.4. The van der Waals surface area contributed by atoms with Crippen LogP contribution < -0.4 is 11.3 Å². The van der Waals surface area contributed by atoms with E-state index in [2.05, 4.69) is 4.98 Å². The van der Waals surface area contributed by atoms with E-state index in [1.165, 1.54) is 0 Å². The molecule has 0 bridgehead atoms. The SMILES string of the molecule is NCCCn1c(C=Cc2ccccc2)nc2ccc(Cl)cc2c1=O. The topological polar surface area (TPSA) is 60.9 Å². The van der Waals surface area contributed by atoms with Crippen molar-refractivity contribution >= 4 is 34.7 Å². The van der Waals surface area contributed by atoms with Gasteiger partial charge in [0.1, 0.15) is 5.82 Å². The van der Waals surface area contributed by atoms with Crippen LogP contribution in [0.2, 0.25) is 5.02 Å². The van der Waals surface area contributed by atoms with Gasteiger partial charge in [0.2, 0.25) is 0 Å². The molecule has 1 aromatic heterocycles. The van der Waals surface area contributed by atoms with Gasteiger partial charge in [-0.15, -0.1) is 0 Å². The minimum absolute atomic E-state index is 0.0938. The van der Waals surface area contributed by atoms with Crippen molar-refractivity contribution < 1.29 is 0 Å². The highest BCUT2D eigenvalue weighted by Gasteiger charge is 2.09. The van der Waals surface area contributed by atoms with E-state index in [0.717, 1.165) is 5.56 Å². The number of fused-ring (bicyclic) bond motifs is 1. The summed E-state index contributed by atoms with van der Waals surface area (Å²) in [7, 11) is 0. The summed E-state index contributed by atoms with van der Waals surface area (Å²) in [6, 6.07) is 15.1. The molecule has 122 valence electrons. The van der Waals surface area contributed by atoms with Crippen LogP contribution in [0.15, 0.2) is 53.3 Å². The summed E-state index contributed by atoms with van der Waals surface area (Å²) in [5.41, 5.74) is 7.20. The molecule has 0 radical (unpaired) electrons. The van der Waals surface area contributed by atoms with Gasteiger partial charge in [-0.3, -0.25) is 9.36 Å². The number of rotatable bonds is 5. The van der Waals surface area contributed by atoms with Crippen LogP contribution >= 0.6 is 11.6 Å². The maximum Gasteiger partial charge on any atom is 0.261 e. The van der Waals surface area contributed by atoms with Gasteiger partial charge >= 0.3 is 0 Å². The van der Waals surface area contributed by atoms with E-state index in [4.69, 9.17) is 17.3 Å². The second kappa shape index (κ2) is 7.43. The minimum Gasteiger partial charge on any atom is -0.330 e. The van der Waals surface area contributed by atoms with E-state index in [0.29, 0.717) is 41.3 Å². The number of aromatic nitrogens is 2. The monoisotopic (exact) mass is 339 g/mol. The summed E-state index contributed by atoms with van der Waals surface area (Å²) in [4.78, 5) is 17.4. The van der Waals surface area contributed by atoms with Gasteiger partial charge in [0, 0.05) is 11.6 Å². The number of benzene rings is 2. The second-order valence-corrected chi connectivity index (χ2v) is 5.91. The van der Waals surface area contributed by atoms with Crippen LogP contribution in [0.3, 0.4) is 0 Å². The van der Waals surface area contributed by atoms with Crippen LogP contribution in [-0.2, 0) is 6.54 Å². The Bertz CT molecular complexity index is 932. The van der Waals surface area contributed by atoms with Gasteiger partial charge in [0.25, 0.3) is 5.56 Å². The fraction of sp³-hybridized carbons (Fsp3) is 0.158. The zero-order valence-electron chi connectivity index (χ0n) is 13.2. The Balaban J connectivity index is 2.12. The summed E-state index contributed by atoms with van der Waals surface area (Å²) in [6.45, 7) is 1.04. The zero-order valence-corrected chi connectivity index (χ0v) is 13.9. The van der Waals surface area contributed by atoms with Gasteiger partial charge in [-0.25, -0.2) is 4.98 Å². The Labute approximate surface area is 145 Å². The minimum atomic E-state index is -0.0938. The third-order valence-electron chi connectivity index (χ3n) is 3.76. The van der Waals surface area contributed by atoms with Crippen LogP contribution in [0.1, 0.15) is 17.8 Å². The highest BCUT2D eigenvalue weighted by Crippen LogP contribution is 2.16. The molecule has 3 rings (SSSR count). The van der Waals surface area contributed by atoms with Gasteiger partial charge in [-0.2, -0.15) is 0 Å². The lowest BCUT2D eigenvalue weighted by Crippen LogP contribution is -2.25. The number of hydrogen-bond acceptors (Lipinski definition) is 3. The van der Waals surface area contributed by atoms with Crippen LogP contribution in [0.5, 0.6) is 0 Å². The molecule has 5 heteroatoms. The van der Waals surface area contributed by atoms with Crippen LogP contribution in [0, 0.1) is 0 Å². The predicted molar refractivity (Wildman–Crippen MR) is 100 cm³/mol. The summed E-state index contributed by atoms with van der Waals surface area (Å²) in [5.74, 6) is 0.618. The molecule has 3 aromatic rings. The maximum absolute atomic E-state index is 12.8. The van der Waals surface area contributed by atoms with Crippen molar-refractivity contribution in [3.63, 3.8) is 0 Å². The molecule has 0 saturated carbocycles. The van der Waals surface area contributed by atoms with E-state index < -0.39 is 0 Å². The average Bonchev–Trinajstić information content (AvgIpc) is 2.61. The molecule has 0 fully saturated rings. The van der Waals surface area contributed by atoms with Gasteiger partial charge < -0.3 is 5.73 Å². The zero-order chi connectivity index (χ0) is 16.9. The van der Waals surface area contributed by atoms with Gasteiger partial charge in [0.15, 0.2) is 0 Å². The molecule has 0 aliphatic rings. The van der Waals surface area contributed by atoms with Crippen molar-refractivity contribution in [1.29, 1.82) is 0 Å². The summed E-state index contributed by atoms with van der Waals surface area (Å²) in [5, 5.41) is 1.05. The lowest BCUT2D eigenvalue weighted by molar-refractivity contribution is 0.619. The first-order valence-electron chi connectivity index (χ1n) is 7.82. The molecule has 2 N–H and O–H groups in total. The molecule has 2 aromatic carbocycles. The van der Waals surface area contributed by atoms with Gasteiger partial charge in [-0.1, -0.05) is 48.0 Å². The Morgan fingerprint density at radius 3 is 2.67 bits per heavy atom. The molecule has 0 atom stereocenters. The lowest BCUT2D eigenvalue weighted by atomic mass is 10.2. The Morgan fingerprint density at radius 1 is 1.12 bits per heavy atom. The predicted octanol–water partition coefficient (Wildman–Crippen LogP) is 3.57. The Hall–Kier alpha value is -2.43. The molecule has 1 heterocycles. The van der Waals surface area contributed by atoms with Crippen LogP contribution in [-0.4, -0.2) is 16.1 Å². The van der Waals surface area contributed by atoms with E-state index in [-0.39, 0.29) is 5.56 Å². The summed E-state index contributed by atoms with van der Waals surface area (Å²) >= 11 is 6.02. The van der Waals surface area contributed by atoms with Crippen molar-refractivity contribution in [3.05, 3.63) is 75.3 Å². The number of nitrogens with two attached hydrogens (primary N) is 1. The Kier molecular flexibility index (Phi) is 5.08. The van der Waals surface area contributed by atoms with Crippen LogP contribution in [0.4, 0.5) is 0 Å². The molecule has 0 aliphatic carbocycles. The molecule has 0 aliphatic heterocycles. The third kappa shape index (κ3) is 3.55. The van der Waals surface area contributed by atoms with Crippen molar-refractivity contribution in [2.45, 2.75) is 13.0 Å². The standard InChI is InChI=1S/C19H18ClN3O/c20-15-8-9-17-16(13-15)19(24)23(12-4-11-21)18(22-17)10-7-14-5-2-1-3-6-14/h1-3,5-10,13H,4,11-12,21H2. The second-order valence-electron chi connectivity index (χ2n) is 5.47. The molecule has 0 unspecified atom stereocenters. The number of nitrogens with zero attached hydrogens (tertiary/aromatic N) is 2. The molecule has 0 amide bonds. The summed E-state index contributed by atoms with van der Waals surface area (Å²) < 4.78 is 1.66. The fourth-order valence-electron chi connectivity index (χ4n) is 2.54. The number of halogens is 1. The quantitative estimate of drug-likeness (QED) is 0.773. The fourth-order valence-corrected chi connectivity index (χ4v) is 2.71. The first-order valence-corrected chi connectivity index (χ1v) is 8.20. The molecule has 0 saturated heterocycles. The number of hydrogen-bond donors (Lipinski definition) is 1. The smallest absolute Gasteiger partial charge is 0.261 e. The largest absolute Gasteiger partial charge is 0.330 e. The van der Waals surface area contributed by atoms with Crippen molar-refractivity contribution in [1.82, 2.24) is 9.55 Å². The molecular formula is C19H18ClN3O. The highest BCUT2D eigenvalue weighted by atomic mass is 35.5. The third-order valence-corrected chi connectivity index (χ3v) is 3.99. The van der Waals surface area contributed by atoms with Crippen molar-refractivity contribution in [2.24, 2.45) is 5.73 Å². The van der Waals surface area contributed by atoms with Crippen molar-refractivity contribution in [3.8, 4) is 0 Å². The first kappa shape index (κ1) is 16.4. The molecule has 4 nitrogen and oxygen atoms in total. The first-order chi connectivity index (χ1) is 11.7.